The van der Waals surface area contributed by atoms with E-state index in [-0.39, 0.29) is 0 Å². The third kappa shape index (κ3) is 3.33. The number of hydrogen-bond acceptors (Lipinski definition) is 4. The van der Waals surface area contributed by atoms with Crippen LogP contribution in [0.3, 0.4) is 0 Å². The van der Waals surface area contributed by atoms with Crippen molar-refractivity contribution < 1.29 is 0 Å². The molecular formula is C13H22N4. The van der Waals surface area contributed by atoms with Crippen LogP contribution in [-0.2, 0) is 0 Å². The molecular weight excluding hydrogens is 212 g/mol. The number of nitrogens with two attached hydrogens (primary N) is 1. The topological polar surface area (TPSA) is 54.2 Å². The van der Waals surface area contributed by atoms with Gasteiger partial charge in [0, 0.05) is 25.3 Å². The maximum Gasteiger partial charge on any atom is 0.149 e. The maximum atomic E-state index is 5.90. The van der Waals surface area contributed by atoms with Gasteiger partial charge < -0.3 is 11.1 Å². The minimum atomic E-state index is 0.736. The second kappa shape index (κ2) is 5.36. The van der Waals surface area contributed by atoms with Gasteiger partial charge in [0.15, 0.2) is 0 Å². The van der Waals surface area contributed by atoms with Crippen LogP contribution in [0.5, 0.6) is 0 Å². The maximum absolute atomic E-state index is 5.90. The molecule has 0 amide bonds. The summed E-state index contributed by atoms with van der Waals surface area (Å²) in [6, 6.07) is 2.78. The summed E-state index contributed by atoms with van der Waals surface area (Å²) < 4.78 is 0. The SMILES string of the molecule is CCN(CCNc1ncc(C)cc1N)C1CC1. The van der Waals surface area contributed by atoms with E-state index < -0.39 is 0 Å². The Morgan fingerprint density at radius 1 is 1.53 bits per heavy atom. The summed E-state index contributed by atoms with van der Waals surface area (Å²) in [7, 11) is 0. The molecule has 1 aliphatic rings. The van der Waals surface area contributed by atoms with Gasteiger partial charge in [-0.3, -0.25) is 4.90 Å². The van der Waals surface area contributed by atoms with Crippen LogP contribution in [0.25, 0.3) is 0 Å². The minimum Gasteiger partial charge on any atom is -0.396 e. The largest absolute Gasteiger partial charge is 0.396 e. The van der Waals surface area contributed by atoms with Crippen molar-refractivity contribution in [1.82, 2.24) is 9.88 Å². The summed E-state index contributed by atoms with van der Waals surface area (Å²) in [5, 5.41) is 3.31. The molecule has 0 saturated heterocycles. The molecule has 0 bridgehead atoms. The van der Waals surface area contributed by atoms with Crippen LogP contribution in [0.1, 0.15) is 25.3 Å². The average Bonchev–Trinajstić information content (AvgIpc) is 3.11. The molecule has 4 nitrogen and oxygen atoms in total. The van der Waals surface area contributed by atoms with Gasteiger partial charge in [0.1, 0.15) is 5.82 Å². The molecule has 0 spiro atoms. The predicted molar refractivity (Wildman–Crippen MR) is 72.1 cm³/mol. The third-order valence-electron chi connectivity index (χ3n) is 3.21. The van der Waals surface area contributed by atoms with E-state index in [1.165, 1.54) is 12.8 Å². The van der Waals surface area contributed by atoms with Crippen molar-refractivity contribution in [3.8, 4) is 0 Å². The first-order valence-electron chi connectivity index (χ1n) is 6.40. The lowest BCUT2D eigenvalue weighted by Gasteiger charge is -2.20. The number of anilines is 2. The molecule has 1 aliphatic carbocycles. The first-order chi connectivity index (χ1) is 8.20. The molecule has 0 aromatic carbocycles. The lowest BCUT2D eigenvalue weighted by atomic mass is 10.3. The molecule has 1 aromatic rings. The standard InChI is InChI=1S/C13H22N4/c1-3-17(11-4-5-11)7-6-15-13-12(14)8-10(2)9-16-13/h8-9,11H,3-7,14H2,1-2H3,(H,15,16). The summed E-state index contributed by atoms with van der Waals surface area (Å²) in [4.78, 5) is 6.82. The van der Waals surface area contributed by atoms with Crippen molar-refractivity contribution in [3.63, 3.8) is 0 Å². The number of aromatic nitrogens is 1. The van der Waals surface area contributed by atoms with Crippen LogP contribution < -0.4 is 11.1 Å². The zero-order valence-electron chi connectivity index (χ0n) is 10.7. The number of likely N-dealkylation sites (N-methyl/N-ethyl adjacent to an activating group) is 1. The Kier molecular flexibility index (Phi) is 3.84. The highest BCUT2D eigenvalue weighted by Gasteiger charge is 2.27. The van der Waals surface area contributed by atoms with Gasteiger partial charge in [0.05, 0.1) is 5.69 Å². The molecule has 1 aromatic heterocycles. The van der Waals surface area contributed by atoms with Crippen LogP contribution in [0.2, 0.25) is 0 Å². The number of nitrogen functional groups attached to an aromatic ring is 1. The van der Waals surface area contributed by atoms with Crippen molar-refractivity contribution >= 4 is 11.5 Å². The number of nitrogens with one attached hydrogen (secondary N) is 1. The first-order valence-corrected chi connectivity index (χ1v) is 6.40. The van der Waals surface area contributed by atoms with Crippen LogP contribution >= 0.6 is 0 Å². The van der Waals surface area contributed by atoms with Crippen LogP contribution in [0.4, 0.5) is 11.5 Å². The highest BCUT2D eigenvalue weighted by Crippen LogP contribution is 2.26. The van der Waals surface area contributed by atoms with Crippen LogP contribution in [0.15, 0.2) is 12.3 Å². The number of pyridine rings is 1. The third-order valence-corrected chi connectivity index (χ3v) is 3.21. The Balaban J connectivity index is 1.80. The van der Waals surface area contributed by atoms with E-state index >= 15 is 0 Å². The highest BCUT2D eigenvalue weighted by atomic mass is 15.2. The van der Waals surface area contributed by atoms with E-state index in [0.29, 0.717) is 0 Å². The molecule has 1 saturated carbocycles. The quantitative estimate of drug-likeness (QED) is 0.789. The first kappa shape index (κ1) is 12.2. The van der Waals surface area contributed by atoms with Crippen LogP contribution in [-0.4, -0.2) is 35.6 Å². The van der Waals surface area contributed by atoms with E-state index in [2.05, 4.69) is 22.1 Å². The Labute approximate surface area is 103 Å². The van der Waals surface area contributed by atoms with Gasteiger partial charge in [0.2, 0.25) is 0 Å². The van der Waals surface area contributed by atoms with Gasteiger partial charge in [-0.2, -0.15) is 0 Å². The molecule has 4 heteroatoms. The normalized spacial score (nSPS) is 15.2. The number of nitrogens with zero attached hydrogens (tertiary/aromatic N) is 2. The Hall–Kier alpha value is -1.29. The number of hydrogen-bond donors (Lipinski definition) is 2. The fraction of sp³-hybridized carbons (Fsp3) is 0.615. The molecule has 3 N–H and O–H groups in total. The van der Waals surface area contributed by atoms with Gasteiger partial charge >= 0.3 is 0 Å². The fourth-order valence-electron chi connectivity index (χ4n) is 2.10. The second-order valence-electron chi connectivity index (χ2n) is 4.74. The fourth-order valence-corrected chi connectivity index (χ4v) is 2.10. The zero-order chi connectivity index (χ0) is 12.3. The summed E-state index contributed by atoms with van der Waals surface area (Å²) in [5.41, 5.74) is 7.74. The zero-order valence-corrected chi connectivity index (χ0v) is 10.7. The summed E-state index contributed by atoms with van der Waals surface area (Å²) >= 11 is 0. The summed E-state index contributed by atoms with van der Waals surface area (Å²) in [6.07, 6.45) is 4.56. The molecule has 94 valence electrons. The second-order valence-corrected chi connectivity index (χ2v) is 4.74. The lowest BCUT2D eigenvalue weighted by molar-refractivity contribution is 0.289. The minimum absolute atomic E-state index is 0.736. The number of aryl methyl sites for hydroxylation is 1. The molecule has 17 heavy (non-hydrogen) atoms. The van der Waals surface area contributed by atoms with E-state index in [1.54, 1.807) is 0 Å². The van der Waals surface area contributed by atoms with E-state index in [4.69, 9.17) is 5.73 Å². The lowest BCUT2D eigenvalue weighted by Crippen LogP contribution is -2.31. The average molecular weight is 234 g/mol. The van der Waals surface area contributed by atoms with Crippen LogP contribution in [0, 0.1) is 6.92 Å². The summed E-state index contributed by atoms with van der Waals surface area (Å²) in [5.74, 6) is 0.808. The van der Waals surface area contributed by atoms with Gasteiger partial charge in [-0.05, 0) is 37.9 Å². The van der Waals surface area contributed by atoms with Gasteiger partial charge in [-0.1, -0.05) is 6.92 Å². The molecule has 0 aliphatic heterocycles. The Morgan fingerprint density at radius 2 is 2.29 bits per heavy atom. The monoisotopic (exact) mass is 234 g/mol. The number of rotatable bonds is 6. The van der Waals surface area contributed by atoms with Crippen molar-refractivity contribution in [2.24, 2.45) is 0 Å². The molecule has 0 atom stereocenters. The van der Waals surface area contributed by atoms with Crippen molar-refractivity contribution in [1.29, 1.82) is 0 Å². The van der Waals surface area contributed by atoms with Crippen molar-refractivity contribution in [2.45, 2.75) is 32.7 Å². The van der Waals surface area contributed by atoms with Crippen molar-refractivity contribution in [2.75, 3.05) is 30.7 Å². The Bertz CT molecular complexity index is 374. The molecule has 0 radical (unpaired) electrons. The van der Waals surface area contributed by atoms with E-state index in [0.717, 1.165) is 42.7 Å². The smallest absolute Gasteiger partial charge is 0.149 e. The van der Waals surface area contributed by atoms with Gasteiger partial charge in [0.25, 0.3) is 0 Å². The summed E-state index contributed by atoms with van der Waals surface area (Å²) in [6.45, 7) is 7.32. The predicted octanol–water partition coefficient (Wildman–Crippen LogP) is 1.87. The molecule has 1 heterocycles. The van der Waals surface area contributed by atoms with Gasteiger partial charge in [-0.15, -0.1) is 0 Å². The molecule has 1 fully saturated rings. The van der Waals surface area contributed by atoms with Gasteiger partial charge in [-0.25, -0.2) is 4.98 Å². The van der Waals surface area contributed by atoms with E-state index in [9.17, 15) is 0 Å². The molecule has 0 unspecified atom stereocenters. The van der Waals surface area contributed by atoms with E-state index in [1.807, 2.05) is 19.2 Å². The highest BCUT2D eigenvalue weighted by molar-refractivity contribution is 5.61. The van der Waals surface area contributed by atoms with Crippen molar-refractivity contribution in [3.05, 3.63) is 17.8 Å². The molecule has 2 rings (SSSR count). The Morgan fingerprint density at radius 3 is 2.88 bits per heavy atom.